The first-order chi connectivity index (χ1) is 8.81. The lowest BCUT2D eigenvalue weighted by Gasteiger charge is -2.08. The minimum atomic E-state index is 0.904. The molecule has 0 radical (unpaired) electrons. The Labute approximate surface area is 115 Å². The fraction of sp³-hybridized carbons (Fsp3) is 0.385. The largest absolute Gasteiger partial charge is 0.383 e. The molecule has 0 saturated carbocycles. The highest BCUT2D eigenvalue weighted by Crippen LogP contribution is 2.21. The standard InChI is InChI=1S/C13H17BrN4/c1-2-15-5-3-6-16-11-4-7-17-12-8-10(14)9-18-13(11)12/h4,7-9,15H,2-3,5-6H2,1H3,(H,16,17). The molecule has 0 bridgehead atoms. The summed E-state index contributed by atoms with van der Waals surface area (Å²) < 4.78 is 0.951. The zero-order valence-electron chi connectivity index (χ0n) is 10.4. The summed E-state index contributed by atoms with van der Waals surface area (Å²) in [5.41, 5.74) is 2.87. The smallest absolute Gasteiger partial charge is 0.112 e. The van der Waals surface area contributed by atoms with Gasteiger partial charge in [-0.05, 0) is 47.6 Å². The van der Waals surface area contributed by atoms with Gasteiger partial charge in [0.25, 0.3) is 0 Å². The molecule has 0 aliphatic heterocycles. The predicted octanol–water partition coefficient (Wildman–Crippen LogP) is 2.80. The molecular formula is C13H17BrN4. The van der Waals surface area contributed by atoms with Crippen molar-refractivity contribution >= 4 is 32.7 Å². The molecule has 5 heteroatoms. The SMILES string of the molecule is CCNCCCNc1ccnc2cc(Br)cnc12. The van der Waals surface area contributed by atoms with Crippen LogP contribution in [0.4, 0.5) is 5.69 Å². The fourth-order valence-corrected chi connectivity index (χ4v) is 2.08. The Balaban J connectivity index is 2.04. The van der Waals surface area contributed by atoms with Crippen LogP contribution in [0.1, 0.15) is 13.3 Å². The highest BCUT2D eigenvalue weighted by molar-refractivity contribution is 9.10. The normalized spacial score (nSPS) is 10.8. The first-order valence-corrected chi connectivity index (χ1v) is 6.95. The van der Waals surface area contributed by atoms with E-state index in [0.717, 1.165) is 47.2 Å². The van der Waals surface area contributed by atoms with Crippen molar-refractivity contribution in [3.8, 4) is 0 Å². The van der Waals surface area contributed by atoms with Crippen LogP contribution in [-0.4, -0.2) is 29.6 Å². The number of anilines is 1. The molecule has 0 amide bonds. The van der Waals surface area contributed by atoms with Crippen molar-refractivity contribution in [3.05, 3.63) is 29.0 Å². The Morgan fingerprint density at radius 3 is 3.00 bits per heavy atom. The van der Waals surface area contributed by atoms with Crippen LogP contribution in [0.2, 0.25) is 0 Å². The summed E-state index contributed by atoms with van der Waals surface area (Å²) in [7, 11) is 0. The van der Waals surface area contributed by atoms with E-state index in [4.69, 9.17) is 0 Å². The number of nitrogens with zero attached hydrogens (tertiary/aromatic N) is 2. The molecule has 0 aliphatic rings. The molecule has 2 heterocycles. The second-order valence-corrected chi connectivity index (χ2v) is 4.93. The van der Waals surface area contributed by atoms with E-state index in [1.807, 2.05) is 18.3 Å². The second-order valence-electron chi connectivity index (χ2n) is 4.01. The van der Waals surface area contributed by atoms with Crippen LogP contribution in [0, 0.1) is 0 Å². The van der Waals surface area contributed by atoms with Crippen molar-refractivity contribution in [1.29, 1.82) is 0 Å². The van der Waals surface area contributed by atoms with Crippen LogP contribution >= 0.6 is 15.9 Å². The quantitative estimate of drug-likeness (QED) is 0.806. The molecule has 18 heavy (non-hydrogen) atoms. The number of nitrogens with one attached hydrogen (secondary N) is 2. The van der Waals surface area contributed by atoms with E-state index in [1.165, 1.54) is 0 Å². The molecular weight excluding hydrogens is 292 g/mol. The molecule has 0 saturated heterocycles. The van der Waals surface area contributed by atoms with Crippen LogP contribution in [0.15, 0.2) is 29.0 Å². The Hall–Kier alpha value is -1.20. The molecule has 2 rings (SSSR count). The fourth-order valence-electron chi connectivity index (χ4n) is 1.76. The summed E-state index contributed by atoms with van der Waals surface area (Å²) in [5, 5.41) is 6.71. The van der Waals surface area contributed by atoms with Crippen molar-refractivity contribution in [3.63, 3.8) is 0 Å². The van der Waals surface area contributed by atoms with Crippen LogP contribution in [-0.2, 0) is 0 Å². The molecule has 4 nitrogen and oxygen atoms in total. The van der Waals surface area contributed by atoms with E-state index in [1.54, 1.807) is 6.20 Å². The van der Waals surface area contributed by atoms with Gasteiger partial charge in [-0.25, -0.2) is 0 Å². The molecule has 96 valence electrons. The van der Waals surface area contributed by atoms with Gasteiger partial charge >= 0.3 is 0 Å². The lowest BCUT2D eigenvalue weighted by molar-refractivity contribution is 0.689. The summed E-state index contributed by atoms with van der Waals surface area (Å²) in [4.78, 5) is 8.72. The molecule has 0 aliphatic carbocycles. The molecule has 2 N–H and O–H groups in total. The first-order valence-electron chi connectivity index (χ1n) is 6.16. The zero-order valence-corrected chi connectivity index (χ0v) is 12.0. The molecule has 2 aromatic rings. The zero-order chi connectivity index (χ0) is 12.8. The van der Waals surface area contributed by atoms with Crippen LogP contribution in [0.5, 0.6) is 0 Å². The van der Waals surface area contributed by atoms with Crippen molar-refractivity contribution < 1.29 is 0 Å². The summed E-state index contributed by atoms with van der Waals surface area (Å²) in [6.45, 7) is 5.11. The van der Waals surface area contributed by atoms with Crippen LogP contribution < -0.4 is 10.6 Å². The van der Waals surface area contributed by atoms with Gasteiger partial charge in [0.1, 0.15) is 5.52 Å². The monoisotopic (exact) mass is 308 g/mol. The van der Waals surface area contributed by atoms with Gasteiger partial charge in [0, 0.05) is 23.4 Å². The third-order valence-electron chi connectivity index (χ3n) is 2.64. The lowest BCUT2D eigenvalue weighted by Crippen LogP contribution is -2.17. The lowest BCUT2D eigenvalue weighted by atomic mass is 10.2. The summed E-state index contributed by atoms with van der Waals surface area (Å²) in [6, 6.07) is 3.95. The minimum absolute atomic E-state index is 0.904. The van der Waals surface area contributed by atoms with Gasteiger partial charge in [0.15, 0.2) is 0 Å². The van der Waals surface area contributed by atoms with E-state index < -0.39 is 0 Å². The van der Waals surface area contributed by atoms with E-state index in [2.05, 4.69) is 43.5 Å². The number of hydrogen-bond donors (Lipinski definition) is 2. The Bertz CT molecular complexity index is 515. The maximum Gasteiger partial charge on any atom is 0.112 e. The Morgan fingerprint density at radius 2 is 2.17 bits per heavy atom. The van der Waals surface area contributed by atoms with E-state index >= 15 is 0 Å². The van der Waals surface area contributed by atoms with Gasteiger partial charge in [0.05, 0.1) is 11.2 Å². The minimum Gasteiger partial charge on any atom is -0.383 e. The van der Waals surface area contributed by atoms with E-state index in [9.17, 15) is 0 Å². The number of fused-ring (bicyclic) bond motifs is 1. The van der Waals surface area contributed by atoms with Gasteiger partial charge in [-0.15, -0.1) is 0 Å². The second kappa shape index (κ2) is 6.66. The Morgan fingerprint density at radius 1 is 1.28 bits per heavy atom. The van der Waals surface area contributed by atoms with Gasteiger partial charge in [0.2, 0.25) is 0 Å². The van der Waals surface area contributed by atoms with E-state index in [0.29, 0.717) is 0 Å². The van der Waals surface area contributed by atoms with E-state index in [-0.39, 0.29) is 0 Å². The van der Waals surface area contributed by atoms with Crippen molar-refractivity contribution in [2.24, 2.45) is 0 Å². The highest BCUT2D eigenvalue weighted by atomic mass is 79.9. The van der Waals surface area contributed by atoms with Crippen molar-refractivity contribution in [1.82, 2.24) is 15.3 Å². The maximum atomic E-state index is 4.41. The third-order valence-corrected chi connectivity index (χ3v) is 3.07. The topological polar surface area (TPSA) is 49.8 Å². The van der Waals surface area contributed by atoms with Gasteiger partial charge < -0.3 is 10.6 Å². The molecule has 0 aromatic carbocycles. The third kappa shape index (κ3) is 3.40. The average molecular weight is 309 g/mol. The maximum absolute atomic E-state index is 4.41. The number of rotatable bonds is 6. The van der Waals surface area contributed by atoms with Gasteiger partial charge in [-0.1, -0.05) is 6.92 Å². The van der Waals surface area contributed by atoms with Crippen molar-refractivity contribution in [2.45, 2.75) is 13.3 Å². The number of hydrogen-bond acceptors (Lipinski definition) is 4. The summed E-state index contributed by atoms with van der Waals surface area (Å²) in [5.74, 6) is 0. The summed E-state index contributed by atoms with van der Waals surface area (Å²) in [6.07, 6.45) is 4.70. The van der Waals surface area contributed by atoms with Crippen LogP contribution in [0.3, 0.4) is 0 Å². The predicted molar refractivity (Wildman–Crippen MR) is 78.9 cm³/mol. The molecule has 0 atom stereocenters. The number of pyridine rings is 2. The molecule has 0 fully saturated rings. The first kappa shape index (κ1) is 13.2. The van der Waals surface area contributed by atoms with Gasteiger partial charge in [-0.2, -0.15) is 0 Å². The Kier molecular flexibility index (Phi) is 4.90. The van der Waals surface area contributed by atoms with Crippen molar-refractivity contribution in [2.75, 3.05) is 25.0 Å². The summed E-state index contributed by atoms with van der Waals surface area (Å²) >= 11 is 3.41. The van der Waals surface area contributed by atoms with Crippen LogP contribution in [0.25, 0.3) is 11.0 Å². The molecule has 0 unspecified atom stereocenters. The number of aromatic nitrogens is 2. The number of halogens is 1. The molecule has 2 aromatic heterocycles. The molecule has 0 spiro atoms. The van der Waals surface area contributed by atoms with Gasteiger partial charge in [-0.3, -0.25) is 9.97 Å². The average Bonchev–Trinajstić information content (AvgIpc) is 2.38. The highest BCUT2D eigenvalue weighted by Gasteiger charge is 2.03.